The molecule has 0 spiro atoms. The molecule has 0 bridgehead atoms. The topological polar surface area (TPSA) is 51.1 Å². The summed E-state index contributed by atoms with van der Waals surface area (Å²) in [6.45, 7) is 8.13. The van der Waals surface area contributed by atoms with Crippen molar-refractivity contribution in [2.75, 3.05) is 20.8 Å². The molecule has 0 radical (unpaired) electrons. The number of hydrogen-bond acceptors (Lipinski definition) is 5. The number of fused-ring (bicyclic) bond motifs is 1. The molecule has 1 saturated heterocycles. The number of methoxy groups -OCH3 is 2. The third-order valence-electron chi connectivity index (χ3n) is 3.64. The fourth-order valence-electron chi connectivity index (χ4n) is 2.66. The Bertz CT molecular complexity index is 479. The highest BCUT2D eigenvalue weighted by Crippen LogP contribution is 2.42. The Labute approximate surface area is 113 Å². The Morgan fingerprint density at radius 3 is 2.58 bits per heavy atom. The van der Waals surface area contributed by atoms with E-state index in [1.165, 1.54) is 0 Å². The van der Waals surface area contributed by atoms with E-state index < -0.39 is 5.54 Å². The van der Waals surface area contributed by atoms with Crippen LogP contribution < -0.4 is 0 Å². The molecule has 2 aliphatic heterocycles. The van der Waals surface area contributed by atoms with E-state index in [-0.39, 0.29) is 11.7 Å². The monoisotopic (exact) mass is 264 g/mol. The summed E-state index contributed by atoms with van der Waals surface area (Å²) in [5.41, 5.74) is -0.0354. The summed E-state index contributed by atoms with van der Waals surface area (Å²) in [4.78, 5) is 18.6. The van der Waals surface area contributed by atoms with Gasteiger partial charge in [-0.1, -0.05) is 19.9 Å². The average molecular weight is 264 g/mol. The molecule has 0 aliphatic carbocycles. The first-order valence-corrected chi connectivity index (χ1v) is 6.36. The quantitative estimate of drug-likeness (QED) is 0.725. The standard InChI is InChI=1S/C14H20N2O3/c1-6-7-14-10(17)8-16(14)12(18-4)11(9(2)3)15-13(14)19-5/h6,9H,1,7-8H2,2-5H3. The number of aliphatic imine (C=N–C) groups is 1. The maximum atomic E-state index is 12.2. The Kier molecular flexibility index (Phi) is 3.39. The van der Waals surface area contributed by atoms with Crippen molar-refractivity contribution in [3.05, 3.63) is 24.2 Å². The lowest BCUT2D eigenvalue weighted by Gasteiger charge is -2.53. The van der Waals surface area contributed by atoms with Crippen LogP contribution in [0.3, 0.4) is 0 Å². The third kappa shape index (κ3) is 1.68. The third-order valence-corrected chi connectivity index (χ3v) is 3.64. The fourth-order valence-corrected chi connectivity index (χ4v) is 2.66. The summed E-state index contributed by atoms with van der Waals surface area (Å²) in [6, 6.07) is 0. The summed E-state index contributed by atoms with van der Waals surface area (Å²) in [5.74, 6) is 1.38. The largest absolute Gasteiger partial charge is 0.482 e. The number of Topliss-reactive ketones (excluding diaryl/α,β-unsaturated/α-hetero) is 1. The van der Waals surface area contributed by atoms with E-state index >= 15 is 0 Å². The number of ketones is 1. The summed E-state index contributed by atoms with van der Waals surface area (Å²) >= 11 is 0. The van der Waals surface area contributed by atoms with E-state index in [0.717, 1.165) is 5.70 Å². The number of allylic oxidation sites excluding steroid dienone is 1. The van der Waals surface area contributed by atoms with Crippen molar-refractivity contribution in [2.45, 2.75) is 25.8 Å². The van der Waals surface area contributed by atoms with Crippen molar-refractivity contribution in [1.29, 1.82) is 0 Å². The second kappa shape index (κ2) is 4.72. The van der Waals surface area contributed by atoms with Gasteiger partial charge in [0.25, 0.3) is 0 Å². The zero-order chi connectivity index (χ0) is 14.2. The van der Waals surface area contributed by atoms with E-state index in [1.54, 1.807) is 20.3 Å². The van der Waals surface area contributed by atoms with Gasteiger partial charge in [0.1, 0.15) is 5.70 Å². The Balaban J connectivity index is 2.56. The van der Waals surface area contributed by atoms with Crippen molar-refractivity contribution in [3.8, 4) is 0 Å². The van der Waals surface area contributed by atoms with Gasteiger partial charge in [-0.05, 0) is 0 Å². The Morgan fingerprint density at radius 2 is 2.16 bits per heavy atom. The minimum Gasteiger partial charge on any atom is -0.482 e. The zero-order valence-corrected chi connectivity index (χ0v) is 11.9. The van der Waals surface area contributed by atoms with Crippen molar-refractivity contribution >= 4 is 11.7 Å². The SMILES string of the molecule is C=CCC12C(=O)CN1C(OC)=C(C(C)C)N=C2OC. The maximum absolute atomic E-state index is 12.2. The lowest BCUT2D eigenvalue weighted by atomic mass is 9.78. The highest BCUT2D eigenvalue weighted by atomic mass is 16.5. The Morgan fingerprint density at radius 1 is 1.47 bits per heavy atom. The van der Waals surface area contributed by atoms with Crippen LogP contribution in [0, 0.1) is 5.92 Å². The molecule has 104 valence electrons. The Hall–Kier alpha value is -1.78. The van der Waals surface area contributed by atoms with E-state index in [4.69, 9.17) is 9.47 Å². The van der Waals surface area contributed by atoms with Crippen LogP contribution >= 0.6 is 0 Å². The van der Waals surface area contributed by atoms with Gasteiger partial charge in [0.15, 0.2) is 11.3 Å². The van der Waals surface area contributed by atoms with Gasteiger partial charge in [0.2, 0.25) is 11.8 Å². The first kappa shape index (κ1) is 13.6. The van der Waals surface area contributed by atoms with E-state index in [9.17, 15) is 4.79 Å². The van der Waals surface area contributed by atoms with Gasteiger partial charge in [-0.25, -0.2) is 4.99 Å². The normalized spacial score (nSPS) is 25.8. The molecular weight excluding hydrogens is 244 g/mol. The first-order chi connectivity index (χ1) is 9.02. The second-order valence-corrected chi connectivity index (χ2v) is 5.03. The lowest BCUT2D eigenvalue weighted by molar-refractivity contribution is -0.143. The second-order valence-electron chi connectivity index (χ2n) is 5.03. The summed E-state index contributed by atoms with van der Waals surface area (Å²) in [7, 11) is 3.15. The number of carbonyl (C=O) groups excluding carboxylic acids is 1. The van der Waals surface area contributed by atoms with Gasteiger partial charge < -0.3 is 14.4 Å². The summed E-state index contributed by atoms with van der Waals surface area (Å²) in [5, 5.41) is 0. The maximum Gasteiger partial charge on any atom is 0.223 e. The molecule has 1 atom stereocenters. The van der Waals surface area contributed by atoms with Crippen LogP contribution in [0.4, 0.5) is 0 Å². The van der Waals surface area contributed by atoms with Crippen LogP contribution in [0.2, 0.25) is 0 Å². The van der Waals surface area contributed by atoms with Crippen molar-refractivity contribution in [3.63, 3.8) is 0 Å². The number of hydrogen-bond donors (Lipinski definition) is 0. The van der Waals surface area contributed by atoms with E-state index in [2.05, 4.69) is 11.6 Å². The molecule has 1 fully saturated rings. The molecule has 0 aromatic heterocycles. The number of nitrogens with zero attached hydrogens (tertiary/aromatic N) is 2. The van der Waals surface area contributed by atoms with Crippen LogP contribution in [0.25, 0.3) is 0 Å². The van der Waals surface area contributed by atoms with Gasteiger partial charge in [-0.3, -0.25) is 4.79 Å². The molecule has 5 nitrogen and oxygen atoms in total. The van der Waals surface area contributed by atoms with Gasteiger partial charge in [-0.2, -0.15) is 0 Å². The number of carbonyl (C=O) groups is 1. The molecule has 2 aliphatic rings. The van der Waals surface area contributed by atoms with Crippen molar-refractivity contribution in [1.82, 2.24) is 4.90 Å². The van der Waals surface area contributed by atoms with Crippen LogP contribution in [0.15, 0.2) is 29.2 Å². The van der Waals surface area contributed by atoms with Gasteiger partial charge >= 0.3 is 0 Å². The van der Waals surface area contributed by atoms with Crippen LogP contribution in [-0.4, -0.2) is 42.9 Å². The number of ether oxygens (including phenoxy) is 2. The summed E-state index contributed by atoms with van der Waals surface area (Å²) < 4.78 is 10.8. The van der Waals surface area contributed by atoms with Crippen LogP contribution in [0.5, 0.6) is 0 Å². The number of rotatable bonds is 4. The lowest BCUT2D eigenvalue weighted by Crippen LogP contribution is -2.73. The highest BCUT2D eigenvalue weighted by Gasteiger charge is 2.61. The predicted molar refractivity (Wildman–Crippen MR) is 72.6 cm³/mol. The summed E-state index contributed by atoms with van der Waals surface area (Å²) in [6.07, 6.45) is 2.18. The van der Waals surface area contributed by atoms with Gasteiger partial charge in [-0.15, -0.1) is 6.58 Å². The molecule has 0 amide bonds. The fraction of sp³-hybridized carbons (Fsp3) is 0.571. The molecule has 0 N–H and O–H groups in total. The van der Waals surface area contributed by atoms with Gasteiger partial charge in [0.05, 0.1) is 20.8 Å². The average Bonchev–Trinajstić information content (AvgIpc) is 2.39. The van der Waals surface area contributed by atoms with E-state index in [0.29, 0.717) is 24.7 Å². The zero-order valence-electron chi connectivity index (χ0n) is 11.9. The predicted octanol–water partition coefficient (Wildman–Crippen LogP) is 1.72. The molecule has 19 heavy (non-hydrogen) atoms. The van der Waals surface area contributed by atoms with Crippen LogP contribution in [-0.2, 0) is 14.3 Å². The molecule has 0 aromatic rings. The molecule has 0 saturated carbocycles. The molecule has 2 rings (SSSR count). The minimum absolute atomic E-state index is 0.0883. The van der Waals surface area contributed by atoms with Crippen LogP contribution in [0.1, 0.15) is 20.3 Å². The minimum atomic E-state index is -0.847. The van der Waals surface area contributed by atoms with Crippen molar-refractivity contribution in [2.24, 2.45) is 10.9 Å². The van der Waals surface area contributed by atoms with Gasteiger partial charge in [0, 0.05) is 12.3 Å². The van der Waals surface area contributed by atoms with E-state index in [1.807, 2.05) is 18.7 Å². The highest BCUT2D eigenvalue weighted by molar-refractivity contribution is 6.17. The smallest absolute Gasteiger partial charge is 0.223 e. The molecule has 5 heteroatoms. The first-order valence-electron chi connectivity index (χ1n) is 6.36. The van der Waals surface area contributed by atoms with Crippen molar-refractivity contribution < 1.29 is 14.3 Å². The molecule has 1 unspecified atom stereocenters. The molecule has 2 heterocycles. The molecular formula is C14H20N2O3. The molecule has 0 aromatic carbocycles.